The predicted octanol–water partition coefficient (Wildman–Crippen LogP) is 2.63. The van der Waals surface area contributed by atoms with Gasteiger partial charge in [0.05, 0.1) is 19.2 Å². The lowest BCUT2D eigenvalue weighted by Crippen LogP contribution is -2.10. The number of ether oxygens (including phenoxy) is 1. The molecule has 76 valence electrons. The van der Waals surface area contributed by atoms with Crippen molar-refractivity contribution < 1.29 is 13.9 Å². The topological polar surface area (TPSA) is 26.3 Å². The molecule has 13 heavy (non-hydrogen) atoms. The number of carbonyl (C=O) groups is 1. The number of allylic oxidation sites excluding steroid dienone is 1. The maximum absolute atomic E-state index is 11.8. The van der Waals surface area contributed by atoms with E-state index in [4.69, 9.17) is 4.74 Å². The van der Waals surface area contributed by atoms with E-state index >= 15 is 0 Å². The van der Waals surface area contributed by atoms with Gasteiger partial charge in [-0.05, 0) is 27.2 Å². The van der Waals surface area contributed by atoms with Crippen molar-refractivity contribution in [1.29, 1.82) is 0 Å². The Labute approximate surface area is 78.8 Å². The molecule has 0 aliphatic rings. The van der Waals surface area contributed by atoms with Crippen molar-refractivity contribution in [3.63, 3.8) is 0 Å². The Bertz CT molecular complexity index is 185. The van der Waals surface area contributed by atoms with Crippen LogP contribution in [-0.2, 0) is 9.53 Å². The van der Waals surface area contributed by atoms with Gasteiger partial charge in [0.2, 0.25) is 0 Å². The maximum Gasteiger partial charge on any atom is 0.309 e. The highest BCUT2D eigenvalue weighted by Crippen LogP contribution is 2.03. The molecule has 0 rings (SSSR count). The van der Waals surface area contributed by atoms with Crippen molar-refractivity contribution in [3.8, 4) is 0 Å². The number of hydrogen-bond donors (Lipinski definition) is 0. The summed E-state index contributed by atoms with van der Waals surface area (Å²) in [6.45, 7) is 5.04. The summed E-state index contributed by atoms with van der Waals surface area (Å²) in [5.41, 5.74) is 0.892. The first kappa shape index (κ1) is 12.1. The monoisotopic (exact) mass is 188 g/mol. The van der Waals surface area contributed by atoms with Gasteiger partial charge in [0.25, 0.3) is 0 Å². The Morgan fingerprint density at radius 3 is 2.62 bits per heavy atom. The highest BCUT2D eigenvalue weighted by Gasteiger charge is 2.02. The summed E-state index contributed by atoms with van der Waals surface area (Å²) < 4.78 is 16.7. The fourth-order valence-corrected chi connectivity index (χ4v) is 0.820. The standard InChI is InChI=1S/C10H17FO2/c1-8(2)13-10(12)5-4-9(3)6-7-11/h4,8H,5-7H2,1-3H3. The Morgan fingerprint density at radius 1 is 1.54 bits per heavy atom. The molecule has 0 aromatic heterocycles. The van der Waals surface area contributed by atoms with Gasteiger partial charge in [0, 0.05) is 0 Å². The van der Waals surface area contributed by atoms with Gasteiger partial charge in [-0.25, -0.2) is 0 Å². The second-order valence-corrected chi connectivity index (χ2v) is 3.23. The van der Waals surface area contributed by atoms with Crippen molar-refractivity contribution >= 4 is 5.97 Å². The molecule has 0 aliphatic heterocycles. The number of rotatable bonds is 5. The van der Waals surface area contributed by atoms with Crippen LogP contribution in [0.4, 0.5) is 4.39 Å². The second-order valence-electron chi connectivity index (χ2n) is 3.23. The molecule has 0 amide bonds. The van der Waals surface area contributed by atoms with Crippen molar-refractivity contribution in [1.82, 2.24) is 0 Å². The summed E-state index contributed by atoms with van der Waals surface area (Å²) in [6.07, 6.45) is 2.27. The minimum Gasteiger partial charge on any atom is -0.463 e. The molecule has 0 atom stereocenters. The molecular formula is C10H17FO2. The van der Waals surface area contributed by atoms with Crippen molar-refractivity contribution in [3.05, 3.63) is 11.6 Å². The molecule has 0 saturated heterocycles. The minimum atomic E-state index is -0.373. The molecule has 0 unspecified atom stereocenters. The van der Waals surface area contributed by atoms with E-state index < -0.39 is 0 Å². The third-order valence-corrected chi connectivity index (χ3v) is 1.47. The normalized spacial score (nSPS) is 11.9. The largest absolute Gasteiger partial charge is 0.463 e. The molecule has 0 N–H and O–H groups in total. The van der Waals surface area contributed by atoms with E-state index in [1.54, 1.807) is 19.9 Å². The molecule has 0 aromatic rings. The third-order valence-electron chi connectivity index (χ3n) is 1.47. The zero-order valence-corrected chi connectivity index (χ0v) is 8.47. The number of hydrogen-bond acceptors (Lipinski definition) is 2. The second kappa shape index (κ2) is 6.63. The van der Waals surface area contributed by atoms with Crippen LogP contribution in [0.25, 0.3) is 0 Å². The average molecular weight is 188 g/mol. The van der Waals surface area contributed by atoms with E-state index in [0.29, 0.717) is 6.42 Å². The van der Waals surface area contributed by atoms with Crippen LogP contribution in [0.2, 0.25) is 0 Å². The fourth-order valence-electron chi connectivity index (χ4n) is 0.820. The molecule has 0 heterocycles. The maximum atomic E-state index is 11.8. The third kappa shape index (κ3) is 7.50. The van der Waals surface area contributed by atoms with Gasteiger partial charge in [-0.1, -0.05) is 11.6 Å². The van der Waals surface area contributed by atoms with Gasteiger partial charge in [-0.3, -0.25) is 9.18 Å². The zero-order chi connectivity index (χ0) is 10.3. The van der Waals surface area contributed by atoms with Crippen LogP contribution in [-0.4, -0.2) is 18.7 Å². The van der Waals surface area contributed by atoms with Crippen molar-refractivity contribution in [2.45, 2.75) is 39.7 Å². The number of halogens is 1. The van der Waals surface area contributed by atoms with Gasteiger partial charge in [0.15, 0.2) is 0 Å². The Morgan fingerprint density at radius 2 is 2.15 bits per heavy atom. The SMILES string of the molecule is CC(=CCC(=O)OC(C)C)CCF. The molecule has 0 fully saturated rings. The molecule has 0 spiro atoms. The van der Waals surface area contributed by atoms with Crippen LogP contribution < -0.4 is 0 Å². The Balaban J connectivity index is 3.73. The van der Waals surface area contributed by atoms with Crippen LogP contribution in [0.1, 0.15) is 33.6 Å². The first-order valence-corrected chi connectivity index (χ1v) is 4.47. The molecule has 0 saturated carbocycles. The summed E-state index contributed by atoms with van der Waals surface area (Å²) in [5, 5.41) is 0. The van der Waals surface area contributed by atoms with E-state index in [-0.39, 0.29) is 25.2 Å². The fraction of sp³-hybridized carbons (Fsp3) is 0.700. The van der Waals surface area contributed by atoms with Gasteiger partial charge in [-0.15, -0.1) is 0 Å². The smallest absolute Gasteiger partial charge is 0.309 e. The van der Waals surface area contributed by atoms with Gasteiger partial charge in [0.1, 0.15) is 0 Å². The Hall–Kier alpha value is -0.860. The van der Waals surface area contributed by atoms with Crippen molar-refractivity contribution in [2.24, 2.45) is 0 Å². The number of esters is 1. The molecule has 3 heteroatoms. The average Bonchev–Trinajstić information content (AvgIpc) is 2.00. The van der Waals surface area contributed by atoms with Crippen LogP contribution in [0.15, 0.2) is 11.6 Å². The zero-order valence-electron chi connectivity index (χ0n) is 8.47. The van der Waals surface area contributed by atoms with E-state index in [9.17, 15) is 9.18 Å². The number of alkyl halides is 1. The predicted molar refractivity (Wildman–Crippen MR) is 50.2 cm³/mol. The van der Waals surface area contributed by atoms with Gasteiger partial charge < -0.3 is 4.74 Å². The van der Waals surface area contributed by atoms with Crippen LogP contribution in [0.5, 0.6) is 0 Å². The highest BCUT2D eigenvalue weighted by atomic mass is 19.1. The number of carbonyl (C=O) groups excluding carboxylic acids is 1. The van der Waals surface area contributed by atoms with E-state index in [1.165, 1.54) is 0 Å². The minimum absolute atomic E-state index is 0.0811. The molecule has 0 bridgehead atoms. The summed E-state index contributed by atoms with van der Waals surface area (Å²) in [7, 11) is 0. The lowest BCUT2D eigenvalue weighted by molar-refractivity contribution is -0.146. The molecule has 0 aromatic carbocycles. The van der Waals surface area contributed by atoms with E-state index in [2.05, 4.69) is 0 Å². The van der Waals surface area contributed by atoms with Crippen LogP contribution in [0, 0.1) is 0 Å². The quantitative estimate of drug-likeness (QED) is 0.489. The summed E-state index contributed by atoms with van der Waals surface area (Å²) >= 11 is 0. The highest BCUT2D eigenvalue weighted by molar-refractivity contribution is 5.71. The van der Waals surface area contributed by atoms with Gasteiger partial charge >= 0.3 is 5.97 Å². The summed E-state index contributed by atoms with van der Waals surface area (Å²) in [4.78, 5) is 11.0. The van der Waals surface area contributed by atoms with E-state index in [0.717, 1.165) is 5.57 Å². The molecular weight excluding hydrogens is 171 g/mol. The van der Waals surface area contributed by atoms with Crippen LogP contribution >= 0.6 is 0 Å². The molecule has 2 nitrogen and oxygen atoms in total. The van der Waals surface area contributed by atoms with E-state index in [1.807, 2.05) is 6.92 Å². The van der Waals surface area contributed by atoms with Crippen LogP contribution in [0.3, 0.4) is 0 Å². The summed E-state index contributed by atoms with van der Waals surface area (Å²) in [5.74, 6) is -0.256. The van der Waals surface area contributed by atoms with Crippen molar-refractivity contribution in [2.75, 3.05) is 6.67 Å². The first-order chi connectivity index (χ1) is 6.06. The summed E-state index contributed by atoms with van der Waals surface area (Å²) in [6, 6.07) is 0. The lowest BCUT2D eigenvalue weighted by Gasteiger charge is -2.05. The Kier molecular flexibility index (Phi) is 6.20. The van der Waals surface area contributed by atoms with Gasteiger partial charge in [-0.2, -0.15) is 0 Å². The first-order valence-electron chi connectivity index (χ1n) is 4.47. The lowest BCUT2D eigenvalue weighted by atomic mass is 10.2. The molecule has 0 radical (unpaired) electrons. The molecule has 0 aliphatic carbocycles.